The van der Waals surface area contributed by atoms with Crippen LogP contribution in [0.5, 0.6) is 5.75 Å². The summed E-state index contributed by atoms with van der Waals surface area (Å²) in [6.07, 6.45) is 1.08. The Labute approximate surface area is 115 Å². The molecule has 1 atom stereocenters. The molecule has 1 aromatic rings. The van der Waals surface area contributed by atoms with Crippen LogP contribution in [0.2, 0.25) is 0 Å². The maximum absolute atomic E-state index is 5.52. The van der Waals surface area contributed by atoms with Gasteiger partial charge in [-0.25, -0.2) is 0 Å². The molecule has 0 aromatic heterocycles. The Morgan fingerprint density at radius 3 is 2.74 bits per heavy atom. The van der Waals surface area contributed by atoms with Crippen LogP contribution >= 0.6 is 0 Å². The molecule has 4 heteroatoms. The van der Waals surface area contributed by atoms with E-state index in [1.54, 1.807) is 7.11 Å². The maximum atomic E-state index is 5.52. The monoisotopic (exact) mass is 264 g/mol. The molecule has 0 aliphatic carbocycles. The number of nitrogens with one attached hydrogen (secondary N) is 1. The highest BCUT2D eigenvalue weighted by molar-refractivity contribution is 5.36. The van der Waals surface area contributed by atoms with Crippen LogP contribution in [0.15, 0.2) is 24.3 Å². The zero-order valence-corrected chi connectivity index (χ0v) is 11.9. The van der Waals surface area contributed by atoms with Crippen LogP contribution in [0.3, 0.4) is 0 Å². The summed E-state index contributed by atoms with van der Waals surface area (Å²) in [7, 11) is 3.74. The molecular formula is C15H24N2O2. The molecule has 2 rings (SSSR count). The van der Waals surface area contributed by atoms with Crippen molar-refractivity contribution in [1.82, 2.24) is 10.2 Å². The van der Waals surface area contributed by atoms with E-state index in [9.17, 15) is 0 Å². The molecule has 1 heterocycles. The van der Waals surface area contributed by atoms with Gasteiger partial charge in [0.05, 0.1) is 20.3 Å². The topological polar surface area (TPSA) is 33.7 Å². The maximum Gasteiger partial charge on any atom is 0.123 e. The van der Waals surface area contributed by atoms with Gasteiger partial charge in [0, 0.05) is 24.7 Å². The lowest BCUT2D eigenvalue weighted by atomic mass is 10.00. The van der Waals surface area contributed by atoms with Crippen molar-refractivity contribution in [3.8, 4) is 5.75 Å². The molecule has 0 spiro atoms. The fourth-order valence-corrected chi connectivity index (χ4v) is 2.65. The Hall–Kier alpha value is -1.10. The van der Waals surface area contributed by atoms with Gasteiger partial charge in [-0.3, -0.25) is 4.90 Å². The Kier molecular flexibility index (Phi) is 5.63. The van der Waals surface area contributed by atoms with Gasteiger partial charge in [0.15, 0.2) is 0 Å². The average molecular weight is 264 g/mol. The predicted octanol–water partition coefficient (Wildman–Crippen LogP) is 1.68. The highest BCUT2D eigenvalue weighted by Gasteiger charge is 2.24. The van der Waals surface area contributed by atoms with Crippen LogP contribution in [0.25, 0.3) is 0 Å². The van der Waals surface area contributed by atoms with Gasteiger partial charge in [-0.15, -0.1) is 0 Å². The van der Waals surface area contributed by atoms with Gasteiger partial charge in [-0.1, -0.05) is 18.2 Å². The molecule has 0 bridgehead atoms. The van der Waals surface area contributed by atoms with Crippen LogP contribution in [0.4, 0.5) is 0 Å². The summed E-state index contributed by atoms with van der Waals surface area (Å²) in [4.78, 5) is 2.50. The van der Waals surface area contributed by atoms with Crippen molar-refractivity contribution >= 4 is 0 Å². The summed E-state index contributed by atoms with van der Waals surface area (Å²) in [6, 6.07) is 8.73. The number of benzene rings is 1. The smallest absolute Gasteiger partial charge is 0.123 e. The van der Waals surface area contributed by atoms with Crippen LogP contribution < -0.4 is 10.1 Å². The SMILES string of the molecule is CNCCC(c1ccccc1OC)N1CCOCC1. The second-order valence-corrected chi connectivity index (χ2v) is 4.80. The van der Waals surface area contributed by atoms with E-state index in [0.29, 0.717) is 6.04 Å². The van der Waals surface area contributed by atoms with Crippen LogP contribution in [-0.4, -0.2) is 51.9 Å². The Morgan fingerprint density at radius 1 is 1.32 bits per heavy atom. The largest absolute Gasteiger partial charge is 0.496 e. The summed E-state index contributed by atoms with van der Waals surface area (Å²) in [5.41, 5.74) is 1.28. The Balaban J connectivity index is 2.19. The minimum Gasteiger partial charge on any atom is -0.496 e. The van der Waals surface area contributed by atoms with E-state index < -0.39 is 0 Å². The number of methoxy groups -OCH3 is 1. The van der Waals surface area contributed by atoms with E-state index >= 15 is 0 Å². The van der Waals surface area contributed by atoms with Crippen molar-refractivity contribution in [3.05, 3.63) is 29.8 Å². The van der Waals surface area contributed by atoms with E-state index in [1.807, 2.05) is 19.2 Å². The lowest BCUT2D eigenvalue weighted by Gasteiger charge is -2.35. The number of hydrogen-bond acceptors (Lipinski definition) is 4. The van der Waals surface area contributed by atoms with Crippen molar-refractivity contribution in [3.63, 3.8) is 0 Å². The molecule has 1 fully saturated rings. The van der Waals surface area contributed by atoms with Gasteiger partial charge in [0.25, 0.3) is 0 Å². The van der Waals surface area contributed by atoms with Gasteiger partial charge < -0.3 is 14.8 Å². The first-order chi connectivity index (χ1) is 9.36. The first kappa shape index (κ1) is 14.3. The summed E-state index contributed by atoms with van der Waals surface area (Å²) >= 11 is 0. The molecule has 0 saturated carbocycles. The van der Waals surface area contributed by atoms with Gasteiger partial charge in [0.2, 0.25) is 0 Å². The number of rotatable bonds is 6. The Morgan fingerprint density at radius 2 is 2.05 bits per heavy atom. The molecular weight excluding hydrogens is 240 g/mol. The zero-order valence-electron chi connectivity index (χ0n) is 11.9. The van der Waals surface area contributed by atoms with Crippen LogP contribution in [-0.2, 0) is 4.74 Å². The van der Waals surface area contributed by atoms with E-state index in [4.69, 9.17) is 9.47 Å². The number of ether oxygens (including phenoxy) is 2. The third kappa shape index (κ3) is 3.69. The van der Waals surface area contributed by atoms with Gasteiger partial charge in [-0.05, 0) is 26.1 Å². The summed E-state index contributed by atoms with van der Waals surface area (Å²) in [5, 5.41) is 3.25. The fourth-order valence-electron chi connectivity index (χ4n) is 2.65. The third-order valence-electron chi connectivity index (χ3n) is 3.65. The van der Waals surface area contributed by atoms with Crippen molar-refractivity contribution < 1.29 is 9.47 Å². The van der Waals surface area contributed by atoms with Crippen molar-refractivity contribution in [2.24, 2.45) is 0 Å². The minimum atomic E-state index is 0.396. The molecule has 1 aliphatic rings. The van der Waals surface area contributed by atoms with Crippen molar-refractivity contribution in [1.29, 1.82) is 0 Å². The average Bonchev–Trinajstić information content (AvgIpc) is 2.49. The summed E-state index contributed by atoms with van der Waals surface area (Å²) in [6.45, 7) is 4.63. The molecule has 1 aromatic carbocycles. The summed E-state index contributed by atoms with van der Waals surface area (Å²) in [5.74, 6) is 0.982. The lowest BCUT2D eigenvalue weighted by Crippen LogP contribution is -2.40. The number of hydrogen-bond donors (Lipinski definition) is 1. The van der Waals surface area contributed by atoms with Crippen molar-refractivity contribution in [2.45, 2.75) is 12.5 Å². The standard InChI is InChI=1S/C15H24N2O2/c1-16-8-7-14(17-9-11-19-12-10-17)13-5-3-4-6-15(13)18-2/h3-6,14,16H,7-12H2,1-2H3. The zero-order chi connectivity index (χ0) is 13.5. The van der Waals surface area contributed by atoms with Crippen LogP contribution in [0, 0.1) is 0 Å². The highest BCUT2D eigenvalue weighted by Crippen LogP contribution is 2.31. The number of morpholine rings is 1. The van der Waals surface area contributed by atoms with Gasteiger partial charge >= 0.3 is 0 Å². The second-order valence-electron chi connectivity index (χ2n) is 4.80. The Bertz CT molecular complexity index is 378. The molecule has 1 N–H and O–H groups in total. The number of para-hydroxylation sites is 1. The third-order valence-corrected chi connectivity index (χ3v) is 3.65. The van der Waals surface area contributed by atoms with Crippen molar-refractivity contribution in [2.75, 3.05) is 47.0 Å². The quantitative estimate of drug-likeness (QED) is 0.847. The first-order valence-corrected chi connectivity index (χ1v) is 6.96. The summed E-state index contributed by atoms with van der Waals surface area (Å²) < 4.78 is 11.0. The molecule has 1 saturated heterocycles. The van der Waals surface area contributed by atoms with E-state index in [0.717, 1.165) is 45.0 Å². The number of nitrogens with zero attached hydrogens (tertiary/aromatic N) is 1. The highest BCUT2D eigenvalue weighted by atomic mass is 16.5. The molecule has 4 nitrogen and oxygen atoms in total. The second kappa shape index (κ2) is 7.48. The molecule has 106 valence electrons. The minimum absolute atomic E-state index is 0.396. The molecule has 1 unspecified atom stereocenters. The molecule has 1 aliphatic heterocycles. The molecule has 0 amide bonds. The van der Waals surface area contributed by atoms with Gasteiger partial charge in [0.1, 0.15) is 5.75 Å². The first-order valence-electron chi connectivity index (χ1n) is 6.96. The normalized spacial score (nSPS) is 18.2. The van der Waals surface area contributed by atoms with E-state index in [1.165, 1.54) is 5.56 Å². The molecule has 19 heavy (non-hydrogen) atoms. The lowest BCUT2D eigenvalue weighted by molar-refractivity contribution is 0.0139. The van der Waals surface area contributed by atoms with E-state index in [-0.39, 0.29) is 0 Å². The predicted molar refractivity (Wildman–Crippen MR) is 76.7 cm³/mol. The van der Waals surface area contributed by atoms with Crippen LogP contribution in [0.1, 0.15) is 18.0 Å². The van der Waals surface area contributed by atoms with E-state index in [2.05, 4.69) is 22.3 Å². The molecule has 0 radical (unpaired) electrons. The van der Waals surface area contributed by atoms with Gasteiger partial charge in [-0.2, -0.15) is 0 Å². The fraction of sp³-hybridized carbons (Fsp3) is 0.600.